The van der Waals surface area contributed by atoms with Gasteiger partial charge in [0, 0.05) is 50.6 Å². The van der Waals surface area contributed by atoms with E-state index >= 15 is 0 Å². The van der Waals surface area contributed by atoms with Crippen LogP contribution in [0.25, 0.3) is 0 Å². The number of aromatic nitrogens is 1. The number of aryl methyl sites for hydroxylation is 1. The fourth-order valence-electron chi connectivity index (χ4n) is 3.05. The fraction of sp³-hybridized carbons (Fsp3) is 0.611. The van der Waals surface area contributed by atoms with Gasteiger partial charge in [0.25, 0.3) is 5.91 Å². The Morgan fingerprint density at radius 1 is 1.44 bits per heavy atom. The lowest BCUT2D eigenvalue weighted by molar-refractivity contribution is -0.130. The molecule has 9 heteroatoms. The topological polar surface area (TPSA) is 82.0 Å². The quantitative estimate of drug-likeness (QED) is 0.293. The summed E-state index contributed by atoms with van der Waals surface area (Å²) >= 11 is 3.48. The monoisotopic (exact) mass is 440 g/mol. The molecule has 1 fully saturated rings. The van der Waals surface area contributed by atoms with Gasteiger partial charge in [-0.3, -0.25) is 14.7 Å². The average Bonchev–Trinajstić information content (AvgIpc) is 3.04. The zero-order chi connectivity index (χ0) is 20.2. The molecule has 0 aliphatic carbocycles. The van der Waals surface area contributed by atoms with Crippen LogP contribution >= 0.6 is 15.9 Å². The number of guanidine groups is 1. The van der Waals surface area contributed by atoms with Crippen LogP contribution in [0.2, 0.25) is 0 Å². The second kappa shape index (κ2) is 8.77. The Bertz CT molecular complexity index is 731. The summed E-state index contributed by atoms with van der Waals surface area (Å²) in [5.41, 5.74) is 0.384. The Hall–Kier alpha value is -2.03. The van der Waals surface area contributed by atoms with Gasteiger partial charge in [-0.2, -0.15) is 0 Å². The predicted octanol–water partition coefficient (Wildman–Crippen LogP) is 1.91. The molecule has 0 spiro atoms. The van der Waals surface area contributed by atoms with Crippen molar-refractivity contribution in [3.05, 3.63) is 22.4 Å². The van der Waals surface area contributed by atoms with Gasteiger partial charge in [0.05, 0.1) is 6.54 Å². The standard InChI is InChI=1S/C18H29BrN6O2/c1-6-18(2)15(26)25(17(27)22-18)9-7-8-21-16(20-3)24(5)12-14-10-13(19)11-23(14)4/h10-11H,6-9,12H2,1-5H3,(H,20,21)(H,22,27). The van der Waals surface area contributed by atoms with Crippen molar-refractivity contribution < 1.29 is 9.59 Å². The van der Waals surface area contributed by atoms with Crippen molar-refractivity contribution in [2.75, 3.05) is 27.2 Å². The van der Waals surface area contributed by atoms with Gasteiger partial charge >= 0.3 is 6.03 Å². The minimum Gasteiger partial charge on any atom is -0.356 e. The summed E-state index contributed by atoms with van der Waals surface area (Å²) < 4.78 is 3.11. The van der Waals surface area contributed by atoms with E-state index in [1.54, 1.807) is 14.0 Å². The third kappa shape index (κ3) is 4.82. The maximum atomic E-state index is 12.4. The van der Waals surface area contributed by atoms with Crippen LogP contribution in [0.3, 0.4) is 0 Å². The first-order chi connectivity index (χ1) is 12.7. The van der Waals surface area contributed by atoms with Crippen molar-refractivity contribution in [1.82, 2.24) is 25.0 Å². The molecule has 0 saturated carbocycles. The highest BCUT2D eigenvalue weighted by molar-refractivity contribution is 9.10. The number of rotatable bonds is 7. The number of nitrogens with one attached hydrogen (secondary N) is 2. The van der Waals surface area contributed by atoms with Gasteiger partial charge in [0.1, 0.15) is 5.54 Å². The summed E-state index contributed by atoms with van der Waals surface area (Å²) in [4.78, 5) is 32.0. The fourth-order valence-corrected chi connectivity index (χ4v) is 3.62. The van der Waals surface area contributed by atoms with Gasteiger partial charge in [-0.05, 0) is 41.8 Å². The average molecular weight is 441 g/mol. The molecule has 150 valence electrons. The van der Waals surface area contributed by atoms with Crippen LogP contribution in [-0.2, 0) is 18.4 Å². The second-order valence-electron chi connectivity index (χ2n) is 7.02. The molecular formula is C18H29BrN6O2. The SMILES string of the molecule is CCC1(C)NC(=O)N(CCCNC(=NC)N(C)Cc2cc(Br)cn2C)C1=O. The third-order valence-electron chi connectivity index (χ3n) is 4.94. The van der Waals surface area contributed by atoms with E-state index in [2.05, 4.69) is 42.2 Å². The highest BCUT2D eigenvalue weighted by Gasteiger charge is 2.45. The van der Waals surface area contributed by atoms with Crippen LogP contribution in [0.4, 0.5) is 4.79 Å². The van der Waals surface area contributed by atoms with Crippen LogP contribution in [0.1, 0.15) is 32.4 Å². The zero-order valence-corrected chi connectivity index (χ0v) is 18.3. The molecule has 27 heavy (non-hydrogen) atoms. The number of imide groups is 1. The summed E-state index contributed by atoms with van der Waals surface area (Å²) in [6, 6.07) is 1.77. The Morgan fingerprint density at radius 2 is 2.15 bits per heavy atom. The molecule has 1 aliphatic rings. The van der Waals surface area contributed by atoms with E-state index in [-0.39, 0.29) is 11.9 Å². The molecule has 1 saturated heterocycles. The number of carbonyl (C=O) groups excluding carboxylic acids is 2. The normalized spacial score (nSPS) is 20.2. The van der Waals surface area contributed by atoms with Crippen molar-refractivity contribution in [2.45, 2.75) is 38.8 Å². The minimum absolute atomic E-state index is 0.147. The van der Waals surface area contributed by atoms with Crippen molar-refractivity contribution in [1.29, 1.82) is 0 Å². The highest BCUT2D eigenvalue weighted by Crippen LogP contribution is 2.20. The summed E-state index contributed by atoms with van der Waals surface area (Å²) in [6.45, 7) is 5.38. The molecule has 1 aromatic rings. The molecular weight excluding hydrogens is 412 g/mol. The smallest absolute Gasteiger partial charge is 0.325 e. The van der Waals surface area contributed by atoms with Crippen molar-refractivity contribution in [3.63, 3.8) is 0 Å². The van der Waals surface area contributed by atoms with E-state index in [1.807, 2.05) is 32.1 Å². The van der Waals surface area contributed by atoms with Crippen LogP contribution in [0, 0.1) is 0 Å². The molecule has 2 rings (SSSR count). The van der Waals surface area contributed by atoms with Crippen LogP contribution < -0.4 is 10.6 Å². The molecule has 0 bridgehead atoms. The Morgan fingerprint density at radius 3 is 2.67 bits per heavy atom. The number of urea groups is 1. The molecule has 3 amide bonds. The summed E-state index contributed by atoms with van der Waals surface area (Å²) in [5, 5.41) is 6.06. The van der Waals surface area contributed by atoms with Crippen LogP contribution in [-0.4, -0.2) is 65.0 Å². The number of hydrogen-bond donors (Lipinski definition) is 2. The van der Waals surface area contributed by atoms with Crippen molar-refractivity contribution in [3.8, 4) is 0 Å². The Balaban J connectivity index is 1.82. The molecule has 0 aromatic carbocycles. The van der Waals surface area contributed by atoms with E-state index in [1.165, 1.54) is 4.90 Å². The first-order valence-corrected chi connectivity index (χ1v) is 9.87. The van der Waals surface area contributed by atoms with Gasteiger partial charge < -0.3 is 20.1 Å². The maximum Gasteiger partial charge on any atom is 0.325 e. The number of amides is 3. The van der Waals surface area contributed by atoms with Crippen molar-refractivity contribution in [2.24, 2.45) is 12.0 Å². The number of carbonyl (C=O) groups is 2. The lowest BCUT2D eigenvalue weighted by atomic mass is 9.99. The van der Waals surface area contributed by atoms with Gasteiger partial charge in [-0.15, -0.1) is 0 Å². The molecule has 2 N–H and O–H groups in total. The molecule has 1 aliphatic heterocycles. The molecule has 1 aromatic heterocycles. The first-order valence-electron chi connectivity index (χ1n) is 9.08. The maximum absolute atomic E-state index is 12.4. The largest absolute Gasteiger partial charge is 0.356 e. The van der Waals surface area contributed by atoms with Crippen molar-refractivity contribution >= 4 is 33.8 Å². The minimum atomic E-state index is -0.774. The van der Waals surface area contributed by atoms with E-state index < -0.39 is 5.54 Å². The Labute approximate surface area is 169 Å². The van der Waals surface area contributed by atoms with Crippen LogP contribution in [0.5, 0.6) is 0 Å². The number of aliphatic imine (C=N–C) groups is 1. The van der Waals surface area contributed by atoms with Gasteiger partial charge in [-0.1, -0.05) is 6.92 Å². The number of hydrogen-bond acceptors (Lipinski definition) is 3. The molecule has 8 nitrogen and oxygen atoms in total. The lowest BCUT2D eigenvalue weighted by Crippen LogP contribution is -2.43. The van der Waals surface area contributed by atoms with E-state index in [0.29, 0.717) is 32.5 Å². The number of nitrogens with zero attached hydrogens (tertiary/aromatic N) is 4. The van der Waals surface area contributed by atoms with Gasteiger partial charge in [0.2, 0.25) is 0 Å². The highest BCUT2D eigenvalue weighted by atomic mass is 79.9. The number of halogens is 1. The Kier molecular flexibility index (Phi) is 6.91. The molecule has 1 unspecified atom stereocenters. The molecule has 0 radical (unpaired) electrons. The van der Waals surface area contributed by atoms with Gasteiger partial charge in [-0.25, -0.2) is 4.79 Å². The second-order valence-corrected chi connectivity index (χ2v) is 7.93. The summed E-state index contributed by atoms with van der Waals surface area (Å²) in [7, 11) is 5.72. The molecule has 2 heterocycles. The first kappa shape index (κ1) is 21.3. The van der Waals surface area contributed by atoms with E-state index in [9.17, 15) is 9.59 Å². The summed E-state index contributed by atoms with van der Waals surface area (Å²) in [6.07, 6.45) is 3.25. The van der Waals surface area contributed by atoms with E-state index in [4.69, 9.17) is 0 Å². The van der Waals surface area contributed by atoms with E-state index in [0.717, 1.165) is 16.1 Å². The third-order valence-corrected chi connectivity index (χ3v) is 5.37. The van der Waals surface area contributed by atoms with Crippen LogP contribution in [0.15, 0.2) is 21.7 Å². The lowest BCUT2D eigenvalue weighted by Gasteiger charge is -2.23. The zero-order valence-electron chi connectivity index (χ0n) is 16.7. The molecule has 1 atom stereocenters. The predicted molar refractivity (Wildman–Crippen MR) is 109 cm³/mol. The summed E-state index contributed by atoms with van der Waals surface area (Å²) in [5.74, 6) is 0.619. The van der Waals surface area contributed by atoms with Gasteiger partial charge in [0.15, 0.2) is 5.96 Å².